The number of piperidine rings is 1. The average molecular weight is 265 g/mol. The smallest absolute Gasteiger partial charge is 0.236 e. The minimum Gasteiger partial charge on any atom is -0.341 e. The van der Waals surface area contributed by atoms with Crippen LogP contribution in [-0.4, -0.2) is 60.0 Å². The van der Waals surface area contributed by atoms with Gasteiger partial charge in [0.15, 0.2) is 0 Å². The summed E-state index contributed by atoms with van der Waals surface area (Å²) in [6.07, 6.45) is 7.49. The molecule has 3 aliphatic heterocycles. The van der Waals surface area contributed by atoms with E-state index in [0.717, 1.165) is 26.1 Å². The van der Waals surface area contributed by atoms with Gasteiger partial charge in [-0.3, -0.25) is 9.69 Å². The van der Waals surface area contributed by atoms with Gasteiger partial charge in [-0.2, -0.15) is 0 Å². The highest BCUT2D eigenvalue weighted by Gasteiger charge is 2.36. The van der Waals surface area contributed by atoms with E-state index in [1.165, 1.54) is 32.1 Å². The summed E-state index contributed by atoms with van der Waals surface area (Å²) >= 11 is 0. The Kier molecular flexibility index (Phi) is 4.08. The number of nitrogens with one attached hydrogen (secondary N) is 1. The van der Waals surface area contributed by atoms with Crippen molar-refractivity contribution in [2.45, 2.75) is 63.6 Å². The third-order valence-corrected chi connectivity index (χ3v) is 5.02. The van der Waals surface area contributed by atoms with E-state index in [1.54, 1.807) is 0 Å². The van der Waals surface area contributed by atoms with Crippen LogP contribution in [0.4, 0.5) is 0 Å². The lowest BCUT2D eigenvalue weighted by molar-refractivity contribution is -0.136. The number of rotatable bonds is 5. The number of carbonyl (C=O) groups is 1. The molecule has 3 rings (SSSR count). The Morgan fingerprint density at radius 1 is 1.26 bits per heavy atom. The van der Waals surface area contributed by atoms with Crippen LogP contribution in [0.3, 0.4) is 0 Å². The molecule has 4 nitrogen and oxygen atoms in total. The standard InChI is InChI=1S/C15H27N3O/c1-2-6-18(11-15(19)17-7-3-8-17)14-9-12-4-5-13(10-14)16-12/h12-14,16H,2-11H2,1H3. The van der Waals surface area contributed by atoms with E-state index in [4.69, 9.17) is 0 Å². The third kappa shape index (κ3) is 2.95. The summed E-state index contributed by atoms with van der Waals surface area (Å²) in [6.45, 7) is 5.91. The number of likely N-dealkylation sites (tertiary alicyclic amines) is 1. The number of carbonyl (C=O) groups excluding carboxylic acids is 1. The van der Waals surface area contributed by atoms with Gasteiger partial charge >= 0.3 is 0 Å². The van der Waals surface area contributed by atoms with E-state index in [1.807, 2.05) is 4.90 Å². The molecule has 19 heavy (non-hydrogen) atoms. The van der Waals surface area contributed by atoms with Gasteiger partial charge in [-0.25, -0.2) is 0 Å². The van der Waals surface area contributed by atoms with Crippen molar-refractivity contribution in [1.82, 2.24) is 15.1 Å². The van der Waals surface area contributed by atoms with Gasteiger partial charge in [0.1, 0.15) is 0 Å². The van der Waals surface area contributed by atoms with Crippen molar-refractivity contribution < 1.29 is 4.79 Å². The minimum absolute atomic E-state index is 0.352. The molecule has 0 radical (unpaired) electrons. The molecule has 0 aromatic carbocycles. The molecule has 0 spiro atoms. The van der Waals surface area contributed by atoms with Crippen LogP contribution < -0.4 is 5.32 Å². The Balaban J connectivity index is 1.58. The normalized spacial score (nSPS) is 33.6. The summed E-state index contributed by atoms with van der Waals surface area (Å²) in [6, 6.07) is 2.05. The molecule has 1 N–H and O–H groups in total. The number of amides is 1. The van der Waals surface area contributed by atoms with E-state index < -0.39 is 0 Å². The second kappa shape index (κ2) is 5.80. The van der Waals surface area contributed by atoms with Crippen molar-refractivity contribution in [3.05, 3.63) is 0 Å². The first-order chi connectivity index (χ1) is 9.26. The zero-order chi connectivity index (χ0) is 13.2. The lowest BCUT2D eigenvalue weighted by Gasteiger charge is -2.39. The fourth-order valence-corrected chi connectivity index (χ4v) is 3.84. The van der Waals surface area contributed by atoms with Gasteiger partial charge in [0.25, 0.3) is 0 Å². The van der Waals surface area contributed by atoms with E-state index in [2.05, 4.69) is 17.1 Å². The summed E-state index contributed by atoms with van der Waals surface area (Å²) in [4.78, 5) is 16.7. The first-order valence-electron chi connectivity index (χ1n) is 8.04. The second-order valence-electron chi connectivity index (χ2n) is 6.47. The third-order valence-electron chi connectivity index (χ3n) is 5.02. The van der Waals surface area contributed by atoms with Gasteiger partial charge < -0.3 is 10.2 Å². The zero-order valence-electron chi connectivity index (χ0n) is 12.1. The molecule has 3 heterocycles. The quantitative estimate of drug-likeness (QED) is 0.812. The van der Waals surface area contributed by atoms with Crippen LogP contribution in [0.5, 0.6) is 0 Å². The van der Waals surface area contributed by atoms with Crippen molar-refractivity contribution in [2.75, 3.05) is 26.2 Å². The van der Waals surface area contributed by atoms with Crippen LogP contribution in [-0.2, 0) is 4.79 Å². The van der Waals surface area contributed by atoms with Gasteiger partial charge in [0.2, 0.25) is 5.91 Å². The highest BCUT2D eigenvalue weighted by atomic mass is 16.2. The maximum atomic E-state index is 12.2. The molecule has 3 saturated heterocycles. The molecular weight excluding hydrogens is 238 g/mol. The van der Waals surface area contributed by atoms with Gasteiger partial charge in [0.05, 0.1) is 6.54 Å². The summed E-state index contributed by atoms with van der Waals surface area (Å²) in [7, 11) is 0. The maximum Gasteiger partial charge on any atom is 0.236 e. The molecule has 108 valence electrons. The van der Waals surface area contributed by atoms with Crippen LogP contribution >= 0.6 is 0 Å². The van der Waals surface area contributed by atoms with Gasteiger partial charge in [-0.15, -0.1) is 0 Å². The predicted octanol–water partition coefficient (Wildman–Crippen LogP) is 1.21. The molecule has 2 atom stereocenters. The highest BCUT2D eigenvalue weighted by Crippen LogP contribution is 2.30. The number of fused-ring (bicyclic) bond motifs is 2. The largest absolute Gasteiger partial charge is 0.341 e. The van der Waals surface area contributed by atoms with Crippen molar-refractivity contribution in [3.8, 4) is 0 Å². The van der Waals surface area contributed by atoms with Crippen molar-refractivity contribution >= 4 is 5.91 Å². The monoisotopic (exact) mass is 265 g/mol. The summed E-state index contributed by atoms with van der Waals surface area (Å²) in [5, 5.41) is 3.69. The van der Waals surface area contributed by atoms with Crippen molar-refractivity contribution in [2.24, 2.45) is 0 Å². The molecule has 3 aliphatic rings. The number of hydrogen-bond donors (Lipinski definition) is 1. The van der Waals surface area contributed by atoms with Gasteiger partial charge in [-0.05, 0) is 45.1 Å². The Bertz CT molecular complexity index is 317. The van der Waals surface area contributed by atoms with Crippen LogP contribution in [0.2, 0.25) is 0 Å². The summed E-state index contributed by atoms with van der Waals surface area (Å²) < 4.78 is 0. The number of nitrogens with zero attached hydrogens (tertiary/aromatic N) is 2. The Morgan fingerprint density at radius 2 is 1.95 bits per heavy atom. The fourth-order valence-electron chi connectivity index (χ4n) is 3.84. The molecule has 1 amide bonds. The van der Waals surface area contributed by atoms with Crippen LogP contribution in [0.15, 0.2) is 0 Å². The average Bonchev–Trinajstić information content (AvgIpc) is 2.65. The van der Waals surface area contributed by atoms with Gasteiger partial charge in [-0.1, -0.05) is 6.92 Å². The van der Waals surface area contributed by atoms with E-state index in [-0.39, 0.29) is 0 Å². The molecule has 0 aliphatic carbocycles. The predicted molar refractivity (Wildman–Crippen MR) is 76.0 cm³/mol. The topological polar surface area (TPSA) is 35.6 Å². The first kappa shape index (κ1) is 13.4. The van der Waals surface area contributed by atoms with E-state index >= 15 is 0 Å². The Morgan fingerprint density at radius 3 is 2.47 bits per heavy atom. The van der Waals surface area contributed by atoms with Crippen LogP contribution in [0, 0.1) is 0 Å². The highest BCUT2D eigenvalue weighted by molar-refractivity contribution is 5.79. The molecule has 2 unspecified atom stereocenters. The van der Waals surface area contributed by atoms with Crippen molar-refractivity contribution in [1.29, 1.82) is 0 Å². The van der Waals surface area contributed by atoms with Crippen LogP contribution in [0.1, 0.15) is 45.4 Å². The number of hydrogen-bond acceptors (Lipinski definition) is 3. The SMILES string of the molecule is CCCN(CC(=O)N1CCC1)C1CC2CCC(C1)N2. The molecule has 0 aromatic heterocycles. The molecule has 0 saturated carbocycles. The first-order valence-corrected chi connectivity index (χ1v) is 8.04. The molecule has 3 fully saturated rings. The molecular formula is C15H27N3O. The fraction of sp³-hybridized carbons (Fsp3) is 0.933. The van der Waals surface area contributed by atoms with Crippen molar-refractivity contribution in [3.63, 3.8) is 0 Å². The van der Waals surface area contributed by atoms with Gasteiger partial charge in [0, 0.05) is 31.2 Å². The summed E-state index contributed by atoms with van der Waals surface area (Å²) in [5.74, 6) is 0.352. The second-order valence-corrected chi connectivity index (χ2v) is 6.47. The molecule has 4 heteroatoms. The Hall–Kier alpha value is -0.610. The zero-order valence-corrected chi connectivity index (χ0v) is 12.1. The van der Waals surface area contributed by atoms with Crippen LogP contribution in [0.25, 0.3) is 0 Å². The lowest BCUT2D eigenvalue weighted by atomic mass is 9.97. The Labute approximate surface area is 116 Å². The summed E-state index contributed by atoms with van der Waals surface area (Å²) in [5.41, 5.74) is 0. The maximum absolute atomic E-state index is 12.2. The molecule has 0 aromatic rings. The van der Waals surface area contributed by atoms with E-state index in [9.17, 15) is 4.79 Å². The van der Waals surface area contributed by atoms with E-state index in [0.29, 0.717) is 30.6 Å². The molecule has 2 bridgehead atoms. The lowest BCUT2D eigenvalue weighted by Crippen LogP contribution is -2.53. The minimum atomic E-state index is 0.352.